The molecule has 0 aliphatic carbocycles. The van der Waals surface area contributed by atoms with E-state index in [0.29, 0.717) is 19.5 Å². The van der Waals surface area contributed by atoms with Gasteiger partial charge in [0.25, 0.3) is 10.0 Å². The van der Waals surface area contributed by atoms with Crippen LogP contribution in [0.4, 0.5) is 24.7 Å². The summed E-state index contributed by atoms with van der Waals surface area (Å²) in [6, 6.07) is 4.16. The van der Waals surface area contributed by atoms with Crippen molar-refractivity contribution in [3.63, 3.8) is 0 Å². The molecule has 4 rings (SSSR count). The summed E-state index contributed by atoms with van der Waals surface area (Å²) in [5.41, 5.74) is -0.968. The van der Waals surface area contributed by atoms with Crippen molar-refractivity contribution in [1.29, 1.82) is 0 Å². The number of aliphatic hydroxyl groups is 1. The Hall–Kier alpha value is -2.08. The van der Waals surface area contributed by atoms with Gasteiger partial charge in [0.2, 0.25) is 5.95 Å². The van der Waals surface area contributed by atoms with Gasteiger partial charge in [-0.3, -0.25) is 9.62 Å². The number of likely N-dealkylation sites (tertiary alicyclic amines) is 1. The molecule has 1 aromatic heterocycles. The van der Waals surface area contributed by atoms with Crippen LogP contribution in [0.25, 0.3) is 0 Å². The van der Waals surface area contributed by atoms with Crippen LogP contribution in [0.3, 0.4) is 0 Å². The van der Waals surface area contributed by atoms with Crippen molar-refractivity contribution < 1.29 is 26.7 Å². The minimum Gasteiger partial charge on any atom is -0.387 e. The molecule has 34 heavy (non-hydrogen) atoms. The van der Waals surface area contributed by atoms with Crippen molar-refractivity contribution in [3.05, 3.63) is 46.9 Å². The zero-order chi connectivity index (χ0) is 24.9. The Kier molecular flexibility index (Phi) is 6.52. The molecule has 0 radical (unpaired) electrons. The van der Waals surface area contributed by atoms with E-state index >= 15 is 4.39 Å². The van der Waals surface area contributed by atoms with Crippen LogP contribution in [0.5, 0.6) is 0 Å². The predicted molar refractivity (Wildman–Crippen MR) is 123 cm³/mol. The first-order valence-electron chi connectivity index (χ1n) is 10.8. The summed E-state index contributed by atoms with van der Waals surface area (Å²) in [7, 11) is -4.79. The van der Waals surface area contributed by atoms with Crippen LogP contribution in [0.15, 0.2) is 29.2 Å². The van der Waals surface area contributed by atoms with Gasteiger partial charge < -0.3 is 10.0 Å². The summed E-state index contributed by atoms with van der Waals surface area (Å²) >= 11 is 6.14. The van der Waals surface area contributed by atoms with E-state index in [1.807, 2.05) is 4.72 Å². The second kappa shape index (κ2) is 8.85. The number of nitrogens with zero attached hydrogens (tertiary/aromatic N) is 3. The number of hydrogen-bond acceptors (Lipinski definition) is 6. The topological polar surface area (TPSA) is 85.8 Å². The Labute approximate surface area is 201 Å². The number of benzene rings is 1. The molecular weight excluding hydrogens is 493 g/mol. The molecule has 0 amide bonds. The highest BCUT2D eigenvalue weighted by Crippen LogP contribution is 2.39. The van der Waals surface area contributed by atoms with Crippen molar-refractivity contribution in [1.82, 2.24) is 9.88 Å². The lowest BCUT2D eigenvalue weighted by molar-refractivity contribution is 0.0269. The monoisotopic (exact) mass is 518 g/mol. The molecule has 2 saturated heterocycles. The van der Waals surface area contributed by atoms with E-state index in [-0.39, 0.29) is 17.6 Å². The number of aromatic nitrogens is 1. The molecule has 2 aromatic rings. The van der Waals surface area contributed by atoms with Gasteiger partial charge >= 0.3 is 0 Å². The highest BCUT2D eigenvalue weighted by molar-refractivity contribution is 7.92. The van der Waals surface area contributed by atoms with Gasteiger partial charge in [-0.25, -0.2) is 22.2 Å². The van der Waals surface area contributed by atoms with Gasteiger partial charge in [0.15, 0.2) is 10.7 Å². The Morgan fingerprint density at radius 2 is 1.91 bits per heavy atom. The molecule has 2 aliphatic heterocycles. The fourth-order valence-corrected chi connectivity index (χ4v) is 6.13. The predicted octanol–water partition coefficient (Wildman–Crippen LogP) is 3.63. The lowest BCUT2D eigenvalue weighted by Gasteiger charge is -2.30. The van der Waals surface area contributed by atoms with E-state index in [1.54, 1.807) is 4.90 Å². The van der Waals surface area contributed by atoms with Crippen molar-refractivity contribution in [2.75, 3.05) is 42.3 Å². The fourth-order valence-electron chi connectivity index (χ4n) is 4.66. The Bertz CT molecular complexity index is 1210. The van der Waals surface area contributed by atoms with Crippen molar-refractivity contribution in [3.8, 4) is 0 Å². The molecule has 1 atom stereocenters. The number of β-amino-alcohol motifs (C(OH)–C–C–N with tert-alkyl or cyclic N) is 1. The minimum atomic E-state index is -4.79. The third-order valence-corrected chi connectivity index (χ3v) is 8.02. The van der Waals surface area contributed by atoms with E-state index < -0.39 is 48.9 Å². The first-order chi connectivity index (χ1) is 15.8. The minimum absolute atomic E-state index is 0.0443. The molecule has 186 valence electrons. The Morgan fingerprint density at radius 3 is 2.56 bits per heavy atom. The van der Waals surface area contributed by atoms with Gasteiger partial charge in [-0.05, 0) is 36.9 Å². The summed E-state index contributed by atoms with van der Waals surface area (Å²) in [5, 5.41) is 10.5. The smallest absolute Gasteiger partial charge is 0.268 e. The van der Waals surface area contributed by atoms with E-state index in [1.165, 1.54) is 6.07 Å². The number of nitrogens with one attached hydrogen (secondary N) is 1. The molecule has 2 aliphatic rings. The second-order valence-corrected chi connectivity index (χ2v) is 11.8. The summed E-state index contributed by atoms with van der Waals surface area (Å²) < 4.78 is 70.4. The lowest BCUT2D eigenvalue weighted by Crippen LogP contribution is -2.44. The number of rotatable bonds is 6. The van der Waals surface area contributed by atoms with Gasteiger partial charge in [-0.1, -0.05) is 31.5 Å². The van der Waals surface area contributed by atoms with Gasteiger partial charge in [-0.2, -0.15) is 4.39 Å². The first kappa shape index (κ1) is 25.0. The SMILES string of the molecule is CC1(C)CCN(CC2(O)CCN(c3cc(F)c(S(=O)(=O)Nc4cccc(F)n4)c(F)c3Cl)C2)C1. The van der Waals surface area contributed by atoms with Crippen LogP contribution >= 0.6 is 11.6 Å². The largest absolute Gasteiger partial charge is 0.387 e. The third kappa shape index (κ3) is 5.12. The molecule has 7 nitrogen and oxygen atoms in total. The maximum absolute atomic E-state index is 15.1. The molecule has 1 aromatic carbocycles. The van der Waals surface area contributed by atoms with E-state index in [9.17, 15) is 22.3 Å². The van der Waals surface area contributed by atoms with Crippen LogP contribution in [-0.2, 0) is 10.0 Å². The summed E-state index contributed by atoms with van der Waals surface area (Å²) in [6.07, 6.45) is 1.39. The molecule has 2 N–H and O–H groups in total. The quantitative estimate of drug-likeness (QED) is 0.449. The normalized spacial score (nSPS) is 23.0. The molecule has 12 heteroatoms. The summed E-state index contributed by atoms with van der Waals surface area (Å²) in [6.45, 7) is 6.85. The number of halogens is 4. The average molecular weight is 519 g/mol. The lowest BCUT2D eigenvalue weighted by atomic mass is 9.93. The van der Waals surface area contributed by atoms with E-state index in [2.05, 4.69) is 23.7 Å². The van der Waals surface area contributed by atoms with Crippen molar-refractivity contribution >= 4 is 33.1 Å². The molecule has 3 heterocycles. The number of pyridine rings is 1. The average Bonchev–Trinajstić information content (AvgIpc) is 3.25. The second-order valence-electron chi connectivity index (χ2n) is 9.81. The third-order valence-electron chi connectivity index (χ3n) is 6.27. The van der Waals surface area contributed by atoms with Crippen LogP contribution in [-0.4, -0.2) is 61.7 Å². The highest BCUT2D eigenvalue weighted by Gasteiger charge is 2.42. The first-order valence-corrected chi connectivity index (χ1v) is 12.7. The Balaban J connectivity index is 1.56. The number of sulfonamides is 1. The van der Waals surface area contributed by atoms with Crippen LogP contribution in [0.1, 0.15) is 26.7 Å². The van der Waals surface area contributed by atoms with Gasteiger partial charge in [0.05, 0.1) is 11.3 Å². The number of anilines is 2. The molecule has 1 unspecified atom stereocenters. The van der Waals surface area contributed by atoms with Gasteiger partial charge in [0, 0.05) is 32.2 Å². The molecule has 0 bridgehead atoms. The van der Waals surface area contributed by atoms with Crippen molar-refractivity contribution in [2.45, 2.75) is 37.2 Å². The zero-order valence-electron chi connectivity index (χ0n) is 18.8. The maximum Gasteiger partial charge on any atom is 0.268 e. The van der Waals surface area contributed by atoms with Gasteiger partial charge in [0.1, 0.15) is 16.7 Å². The standard InChI is InChI=1S/C22H26ClF3N4O3S/c1-21(2)6-8-29(11-21)12-22(31)7-9-30(13-22)15-10-14(24)20(19(26)18(15)23)34(32,33)28-17-5-3-4-16(25)27-17/h3-5,10,31H,6-9,11-13H2,1-2H3,(H,27,28). The van der Waals surface area contributed by atoms with E-state index in [4.69, 9.17) is 11.6 Å². The van der Waals surface area contributed by atoms with Crippen LogP contribution in [0, 0.1) is 23.0 Å². The zero-order valence-corrected chi connectivity index (χ0v) is 20.4. The maximum atomic E-state index is 15.1. The fraction of sp³-hybridized carbons (Fsp3) is 0.500. The van der Waals surface area contributed by atoms with Crippen LogP contribution < -0.4 is 9.62 Å². The van der Waals surface area contributed by atoms with Crippen LogP contribution in [0.2, 0.25) is 5.02 Å². The molecular formula is C22H26ClF3N4O3S. The molecule has 0 saturated carbocycles. The van der Waals surface area contributed by atoms with E-state index in [0.717, 1.165) is 37.7 Å². The molecule has 0 spiro atoms. The highest BCUT2D eigenvalue weighted by atomic mass is 35.5. The Morgan fingerprint density at radius 1 is 1.18 bits per heavy atom. The van der Waals surface area contributed by atoms with Gasteiger partial charge in [-0.15, -0.1) is 0 Å². The summed E-state index contributed by atoms with van der Waals surface area (Å²) in [4.78, 5) is 5.77. The number of hydrogen-bond donors (Lipinski definition) is 2. The molecule has 2 fully saturated rings. The van der Waals surface area contributed by atoms with Crippen molar-refractivity contribution in [2.24, 2.45) is 5.41 Å². The summed E-state index contributed by atoms with van der Waals surface area (Å²) in [5.74, 6) is -4.24.